The summed E-state index contributed by atoms with van der Waals surface area (Å²) in [7, 11) is 1.54. The Bertz CT molecular complexity index is 1710. The van der Waals surface area contributed by atoms with E-state index in [0.29, 0.717) is 39.3 Å². The number of hydrogen-bond donors (Lipinski definition) is 2. The minimum Gasteiger partial charge on any atom is -0.493 e. The number of carbonyl (C=O) groups is 1. The Morgan fingerprint density at radius 2 is 1.76 bits per heavy atom. The first kappa shape index (κ1) is 29.8. The van der Waals surface area contributed by atoms with Gasteiger partial charge in [0.15, 0.2) is 16.6 Å². The maximum absolute atomic E-state index is 12.7. The second-order valence-electron chi connectivity index (χ2n) is 8.90. The number of nitrogens with one attached hydrogen (secondary N) is 2. The van der Waals surface area contributed by atoms with Crippen molar-refractivity contribution in [2.75, 3.05) is 12.4 Å². The van der Waals surface area contributed by atoms with Crippen molar-refractivity contribution in [3.05, 3.63) is 121 Å². The molecular formula is C31H23Cl2IN4O3S. The molecule has 0 bridgehead atoms. The van der Waals surface area contributed by atoms with Crippen LogP contribution < -0.4 is 20.2 Å². The Hall–Kier alpha value is -3.64. The van der Waals surface area contributed by atoms with Crippen LogP contribution in [0.4, 0.5) is 10.8 Å². The van der Waals surface area contributed by atoms with Gasteiger partial charge in [-0.25, -0.2) is 10.4 Å². The Labute approximate surface area is 270 Å². The first-order valence-electron chi connectivity index (χ1n) is 12.5. The number of halogens is 3. The highest BCUT2D eigenvalue weighted by Crippen LogP contribution is 2.36. The van der Waals surface area contributed by atoms with Crippen LogP contribution in [0.5, 0.6) is 11.5 Å². The molecule has 0 aliphatic heterocycles. The van der Waals surface area contributed by atoms with Gasteiger partial charge in [-0.05, 0) is 94.4 Å². The zero-order valence-electron chi connectivity index (χ0n) is 22.1. The second-order valence-corrected chi connectivity index (χ2v) is 11.8. The van der Waals surface area contributed by atoms with E-state index in [1.54, 1.807) is 31.4 Å². The van der Waals surface area contributed by atoms with Crippen LogP contribution in [0.1, 0.15) is 21.5 Å². The van der Waals surface area contributed by atoms with Gasteiger partial charge in [-0.3, -0.25) is 4.79 Å². The van der Waals surface area contributed by atoms with Crippen LogP contribution in [0.3, 0.4) is 0 Å². The lowest BCUT2D eigenvalue weighted by molar-refractivity contribution is 0.0955. The van der Waals surface area contributed by atoms with E-state index in [-0.39, 0.29) is 5.91 Å². The SMILES string of the molecule is COc1cc(/C=N\NC(=O)c2ccc(-c3csc(Nc4ccc(Cl)cc4)n3)cc2)cc(Cl)c1OCc1ccc(I)cc1. The van der Waals surface area contributed by atoms with Crippen molar-refractivity contribution in [1.29, 1.82) is 0 Å². The summed E-state index contributed by atoms with van der Waals surface area (Å²) in [6, 6.07) is 26.0. The lowest BCUT2D eigenvalue weighted by atomic mass is 10.1. The number of ether oxygens (including phenoxy) is 2. The molecule has 0 unspecified atom stereocenters. The molecule has 4 aromatic carbocycles. The fourth-order valence-corrected chi connectivity index (χ4v) is 5.33. The van der Waals surface area contributed by atoms with Crippen molar-refractivity contribution in [2.24, 2.45) is 5.10 Å². The van der Waals surface area contributed by atoms with Gasteiger partial charge in [0.25, 0.3) is 5.91 Å². The van der Waals surface area contributed by atoms with Crippen molar-refractivity contribution >= 4 is 80.1 Å². The maximum atomic E-state index is 12.7. The van der Waals surface area contributed by atoms with Crippen LogP contribution in [0.2, 0.25) is 10.0 Å². The highest BCUT2D eigenvalue weighted by molar-refractivity contribution is 14.1. The summed E-state index contributed by atoms with van der Waals surface area (Å²) in [4.78, 5) is 17.3. The quantitative estimate of drug-likeness (QED) is 0.0853. The molecule has 5 aromatic rings. The number of rotatable bonds is 10. The lowest BCUT2D eigenvalue weighted by Crippen LogP contribution is -2.17. The highest BCUT2D eigenvalue weighted by Gasteiger charge is 2.13. The number of methoxy groups -OCH3 is 1. The molecule has 5 rings (SSSR count). The van der Waals surface area contributed by atoms with Crippen LogP contribution in [0, 0.1) is 3.57 Å². The van der Waals surface area contributed by atoms with Gasteiger partial charge in [0, 0.05) is 30.8 Å². The lowest BCUT2D eigenvalue weighted by Gasteiger charge is -2.13. The van der Waals surface area contributed by atoms with Crippen LogP contribution in [0.25, 0.3) is 11.3 Å². The highest BCUT2D eigenvalue weighted by atomic mass is 127. The van der Waals surface area contributed by atoms with E-state index in [1.807, 2.05) is 66.0 Å². The number of anilines is 2. The number of amides is 1. The molecule has 0 saturated heterocycles. The normalized spacial score (nSPS) is 11.0. The minimum absolute atomic E-state index is 0.346. The maximum Gasteiger partial charge on any atom is 0.271 e. The van der Waals surface area contributed by atoms with Crippen LogP contribution in [-0.2, 0) is 6.61 Å². The molecule has 0 radical (unpaired) electrons. The largest absolute Gasteiger partial charge is 0.493 e. The molecule has 0 aliphatic carbocycles. The average molecular weight is 729 g/mol. The predicted octanol–water partition coefficient (Wildman–Crippen LogP) is 8.82. The molecule has 0 atom stereocenters. The van der Waals surface area contributed by atoms with Crippen molar-refractivity contribution in [3.63, 3.8) is 0 Å². The van der Waals surface area contributed by atoms with Gasteiger partial charge in [0.05, 0.1) is 24.0 Å². The topological polar surface area (TPSA) is 84.8 Å². The third kappa shape index (κ3) is 7.80. The molecule has 0 saturated carbocycles. The fraction of sp³-hybridized carbons (Fsp3) is 0.0645. The molecule has 212 valence electrons. The monoisotopic (exact) mass is 728 g/mol. The fourth-order valence-electron chi connectivity index (χ4n) is 3.83. The summed E-state index contributed by atoms with van der Waals surface area (Å²) in [5.41, 5.74) is 7.25. The molecule has 7 nitrogen and oxygen atoms in total. The molecule has 1 aromatic heterocycles. The number of hydrogen-bond acceptors (Lipinski definition) is 7. The summed E-state index contributed by atoms with van der Waals surface area (Å²) in [6.45, 7) is 0.346. The molecule has 1 amide bonds. The van der Waals surface area contributed by atoms with Crippen LogP contribution >= 0.6 is 57.1 Å². The number of nitrogens with zero attached hydrogens (tertiary/aromatic N) is 2. The minimum atomic E-state index is -0.350. The van der Waals surface area contributed by atoms with Gasteiger partial charge in [0.1, 0.15) is 6.61 Å². The molecule has 0 fully saturated rings. The Balaban J connectivity index is 1.18. The van der Waals surface area contributed by atoms with Crippen molar-refractivity contribution in [1.82, 2.24) is 10.4 Å². The van der Waals surface area contributed by atoms with E-state index in [0.717, 1.165) is 31.2 Å². The Morgan fingerprint density at radius 1 is 1.02 bits per heavy atom. The standard InChI is InChI=1S/C31H23Cl2IN4O3S/c1-40-28-15-20(14-26(33)29(28)41-17-19-2-10-24(34)11-3-19)16-35-38-30(39)22-6-4-21(5-7-22)27-18-42-31(37-27)36-25-12-8-23(32)9-13-25/h2-16,18H,17H2,1H3,(H,36,37)(H,38,39)/b35-16-. The molecule has 0 aliphatic rings. The zero-order valence-corrected chi connectivity index (χ0v) is 26.6. The predicted molar refractivity (Wildman–Crippen MR) is 179 cm³/mol. The number of carbonyl (C=O) groups excluding carboxylic acids is 1. The van der Waals surface area contributed by atoms with Crippen molar-refractivity contribution in [3.8, 4) is 22.8 Å². The smallest absolute Gasteiger partial charge is 0.271 e. The van der Waals surface area contributed by atoms with E-state index in [2.05, 4.69) is 43.4 Å². The van der Waals surface area contributed by atoms with Gasteiger partial charge in [-0.1, -0.05) is 47.5 Å². The van der Waals surface area contributed by atoms with E-state index < -0.39 is 0 Å². The van der Waals surface area contributed by atoms with Crippen LogP contribution in [0.15, 0.2) is 95.4 Å². The Morgan fingerprint density at radius 3 is 2.48 bits per heavy atom. The van der Waals surface area contributed by atoms with E-state index in [1.165, 1.54) is 17.6 Å². The summed E-state index contributed by atoms with van der Waals surface area (Å²) < 4.78 is 12.6. The third-order valence-electron chi connectivity index (χ3n) is 5.97. The first-order valence-corrected chi connectivity index (χ1v) is 15.3. The van der Waals surface area contributed by atoms with Gasteiger partial charge < -0.3 is 14.8 Å². The molecule has 1 heterocycles. The Kier molecular flexibility index (Phi) is 9.96. The van der Waals surface area contributed by atoms with Crippen molar-refractivity contribution in [2.45, 2.75) is 6.61 Å². The molecule has 42 heavy (non-hydrogen) atoms. The van der Waals surface area contributed by atoms with Gasteiger partial charge >= 0.3 is 0 Å². The van der Waals surface area contributed by atoms with E-state index >= 15 is 0 Å². The van der Waals surface area contributed by atoms with Gasteiger partial charge in [0.2, 0.25) is 0 Å². The summed E-state index contributed by atoms with van der Waals surface area (Å²) in [5, 5.41) is 11.1. The molecule has 11 heteroatoms. The summed E-state index contributed by atoms with van der Waals surface area (Å²) >= 11 is 16.2. The third-order valence-corrected chi connectivity index (χ3v) is 7.98. The summed E-state index contributed by atoms with van der Waals surface area (Å²) in [5.74, 6) is 0.550. The van der Waals surface area contributed by atoms with Crippen molar-refractivity contribution < 1.29 is 14.3 Å². The first-order chi connectivity index (χ1) is 20.4. The van der Waals surface area contributed by atoms with Gasteiger partial charge in [-0.2, -0.15) is 5.10 Å². The number of hydrazone groups is 1. The summed E-state index contributed by atoms with van der Waals surface area (Å²) in [6.07, 6.45) is 1.49. The molecular weight excluding hydrogens is 706 g/mol. The molecule has 0 spiro atoms. The van der Waals surface area contributed by atoms with E-state index in [4.69, 9.17) is 32.7 Å². The zero-order chi connectivity index (χ0) is 29.5. The van der Waals surface area contributed by atoms with E-state index in [9.17, 15) is 4.79 Å². The van der Waals surface area contributed by atoms with Gasteiger partial charge in [-0.15, -0.1) is 11.3 Å². The number of aromatic nitrogens is 1. The number of thiazole rings is 1. The average Bonchev–Trinajstić information content (AvgIpc) is 3.47. The second kappa shape index (κ2) is 14.0. The molecule has 2 N–H and O–H groups in total. The van der Waals surface area contributed by atoms with Crippen LogP contribution in [-0.4, -0.2) is 24.2 Å². The number of benzene rings is 4.